The summed E-state index contributed by atoms with van der Waals surface area (Å²) in [5, 5.41) is 9.46. The molecule has 0 heterocycles. The average Bonchev–Trinajstić information content (AvgIpc) is 2.43. The molecule has 0 radical (unpaired) electrons. The Morgan fingerprint density at radius 3 is 2.75 bits per heavy atom. The van der Waals surface area contributed by atoms with Gasteiger partial charge in [-0.25, -0.2) is 0 Å². The van der Waals surface area contributed by atoms with Gasteiger partial charge in [-0.15, -0.1) is 0 Å². The molecule has 0 aromatic rings. The number of carbonyl (C=O) groups excluding carboxylic acids is 1. The summed E-state index contributed by atoms with van der Waals surface area (Å²) in [4.78, 5) is 12.3. The number of esters is 1. The lowest BCUT2D eigenvalue weighted by Crippen LogP contribution is -2.48. The molecule has 0 bridgehead atoms. The number of carbonyl (C=O) groups is 1. The Bertz CT molecular complexity index is 414. The number of fused-ring (bicyclic) bond motifs is 1. The van der Waals surface area contributed by atoms with Crippen molar-refractivity contribution in [2.75, 3.05) is 13.7 Å². The molecule has 2 aliphatic rings. The summed E-state index contributed by atoms with van der Waals surface area (Å²) in [7, 11) is 1.49. The minimum absolute atomic E-state index is 0.0212. The van der Waals surface area contributed by atoms with Gasteiger partial charge in [0.15, 0.2) is 0 Å². The van der Waals surface area contributed by atoms with Gasteiger partial charge < -0.3 is 9.84 Å². The smallest absolute Gasteiger partial charge is 0.312 e. The predicted molar refractivity (Wildman–Crippen MR) is 79.1 cm³/mol. The summed E-state index contributed by atoms with van der Waals surface area (Å²) in [5.74, 6) is 0.752. The highest BCUT2D eigenvalue weighted by atomic mass is 16.5. The fourth-order valence-electron chi connectivity index (χ4n) is 4.41. The van der Waals surface area contributed by atoms with E-state index in [1.54, 1.807) is 0 Å². The Balaban J connectivity index is 2.40. The maximum atomic E-state index is 12.3. The average molecular weight is 280 g/mol. The van der Waals surface area contributed by atoms with Crippen molar-refractivity contribution in [2.45, 2.75) is 52.9 Å². The van der Waals surface area contributed by atoms with Crippen molar-refractivity contribution in [3.8, 4) is 0 Å². The fraction of sp³-hybridized carbons (Fsp3) is 0.824. The number of aliphatic hydroxyl groups excluding tert-OH is 1. The van der Waals surface area contributed by atoms with E-state index in [1.165, 1.54) is 12.7 Å². The van der Waals surface area contributed by atoms with Crippen LogP contribution in [0.25, 0.3) is 0 Å². The number of allylic oxidation sites excluding steroid dienone is 2. The molecule has 0 aromatic carbocycles. The summed E-state index contributed by atoms with van der Waals surface area (Å²) in [6, 6.07) is 0. The lowest BCUT2D eigenvalue weighted by molar-refractivity contribution is -0.156. The topological polar surface area (TPSA) is 46.5 Å². The fourth-order valence-corrected chi connectivity index (χ4v) is 4.41. The molecule has 3 heteroatoms. The number of methoxy groups -OCH3 is 1. The molecule has 20 heavy (non-hydrogen) atoms. The van der Waals surface area contributed by atoms with E-state index in [4.69, 9.17) is 4.74 Å². The van der Waals surface area contributed by atoms with E-state index in [2.05, 4.69) is 26.8 Å². The molecule has 0 unspecified atom stereocenters. The highest BCUT2D eigenvalue weighted by Crippen LogP contribution is 2.58. The molecular weight excluding hydrogens is 252 g/mol. The Hall–Kier alpha value is -0.830. The van der Waals surface area contributed by atoms with Gasteiger partial charge in [-0.3, -0.25) is 4.79 Å². The van der Waals surface area contributed by atoms with Gasteiger partial charge in [0.25, 0.3) is 0 Å². The third kappa shape index (κ3) is 2.20. The van der Waals surface area contributed by atoms with Crippen molar-refractivity contribution >= 4 is 5.97 Å². The summed E-state index contributed by atoms with van der Waals surface area (Å²) < 4.78 is 5.08. The number of ether oxygens (including phenoxy) is 1. The zero-order valence-corrected chi connectivity index (χ0v) is 13.2. The third-order valence-corrected chi connectivity index (χ3v) is 6.09. The SMILES string of the molecule is COC(=O)[C@@]1(C)CCC=C2[C@@H]1CC[C@@H](C)[C@]2(C)CCO. The van der Waals surface area contributed by atoms with Gasteiger partial charge in [0.05, 0.1) is 12.5 Å². The Kier molecular flexibility index (Phi) is 4.29. The maximum absolute atomic E-state index is 12.3. The number of rotatable bonds is 3. The second-order valence-electron chi connectivity index (χ2n) is 7.03. The molecule has 3 nitrogen and oxygen atoms in total. The van der Waals surface area contributed by atoms with E-state index >= 15 is 0 Å². The van der Waals surface area contributed by atoms with Gasteiger partial charge in [0, 0.05) is 6.61 Å². The molecule has 0 aliphatic heterocycles. The zero-order valence-electron chi connectivity index (χ0n) is 13.2. The summed E-state index contributed by atoms with van der Waals surface area (Å²) >= 11 is 0. The van der Waals surface area contributed by atoms with Gasteiger partial charge in [-0.05, 0) is 56.3 Å². The standard InChI is InChI=1S/C17H28O3/c1-12-7-8-14-13(16(12,2)10-11-18)6-5-9-17(14,3)15(19)20-4/h6,12,14,18H,5,7-11H2,1-4H3/t12-,14+,16+,17+/m1/s1. The molecule has 114 valence electrons. The quantitative estimate of drug-likeness (QED) is 0.637. The number of hydrogen-bond acceptors (Lipinski definition) is 3. The second kappa shape index (κ2) is 5.51. The van der Waals surface area contributed by atoms with Crippen molar-refractivity contribution in [1.82, 2.24) is 0 Å². The van der Waals surface area contributed by atoms with E-state index in [0.717, 1.165) is 32.1 Å². The van der Waals surface area contributed by atoms with Crippen LogP contribution in [0, 0.1) is 22.7 Å². The Morgan fingerprint density at radius 2 is 2.15 bits per heavy atom. The van der Waals surface area contributed by atoms with Crippen LogP contribution in [0.3, 0.4) is 0 Å². The first-order chi connectivity index (χ1) is 9.40. The zero-order chi connectivity index (χ0) is 15.0. The first kappa shape index (κ1) is 15.6. The largest absolute Gasteiger partial charge is 0.469 e. The predicted octanol–water partition coefficient (Wildman–Crippen LogP) is 3.32. The van der Waals surface area contributed by atoms with Gasteiger partial charge >= 0.3 is 5.97 Å². The van der Waals surface area contributed by atoms with Gasteiger partial charge in [0.1, 0.15) is 0 Å². The van der Waals surface area contributed by atoms with Crippen molar-refractivity contribution in [1.29, 1.82) is 0 Å². The van der Waals surface area contributed by atoms with Crippen LogP contribution in [0.5, 0.6) is 0 Å². The normalized spacial score (nSPS) is 40.8. The molecule has 2 rings (SSSR count). The molecule has 0 aromatic heterocycles. The van der Waals surface area contributed by atoms with Crippen LogP contribution in [0.2, 0.25) is 0 Å². The van der Waals surface area contributed by atoms with Crippen molar-refractivity contribution < 1.29 is 14.6 Å². The Morgan fingerprint density at radius 1 is 1.45 bits per heavy atom. The van der Waals surface area contributed by atoms with E-state index in [0.29, 0.717) is 5.92 Å². The molecule has 1 saturated carbocycles. The number of hydrogen-bond donors (Lipinski definition) is 1. The number of aliphatic hydroxyl groups is 1. The minimum Gasteiger partial charge on any atom is -0.469 e. The van der Waals surface area contributed by atoms with Crippen LogP contribution in [-0.2, 0) is 9.53 Å². The maximum Gasteiger partial charge on any atom is 0.312 e. The Labute approximate surface area is 122 Å². The van der Waals surface area contributed by atoms with Crippen LogP contribution in [-0.4, -0.2) is 24.8 Å². The molecule has 1 fully saturated rings. The highest BCUT2D eigenvalue weighted by Gasteiger charge is 2.52. The molecular formula is C17H28O3. The van der Waals surface area contributed by atoms with Gasteiger partial charge in [0.2, 0.25) is 0 Å². The van der Waals surface area contributed by atoms with E-state index in [-0.39, 0.29) is 23.9 Å². The van der Waals surface area contributed by atoms with Crippen LogP contribution in [0.4, 0.5) is 0 Å². The van der Waals surface area contributed by atoms with Crippen LogP contribution in [0.15, 0.2) is 11.6 Å². The molecule has 0 amide bonds. The monoisotopic (exact) mass is 280 g/mol. The van der Waals surface area contributed by atoms with Gasteiger partial charge in [-0.2, -0.15) is 0 Å². The molecule has 1 N–H and O–H groups in total. The summed E-state index contributed by atoms with van der Waals surface area (Å²) in [6.45, 7) is 6.80. The molecule has 0 spiro atoms. The van der Waals surface area contributed by atoms with E-state index in [1.807, 2.05) is 0 Å². The second-order valence-corrected chi connectivity index (χ2v) is 7.03. The highest BCUT2D eigenvalue weighted by molar-refractivity contribution is 5.77. The van der Waals surface area contributed by atoms with Crippen LogP contribution >= 0.6 is 0 Å². The lowest BCUT2D eigenvalue weighted by Gasteiger charge is -2.52. The molecule has 4 atom stereocenters. The van der Waals surface area contributed by atoms with Gasteiger partial charge in [-0.1, -0.05) is 25.5 Å². The van der Waals surface area contributed by atoms with E-state index < -0.39 is 5.41 Å². The van der Waals surface area contributed by atoms with Crippen molar-refractivity contribution in [3.05, 3.63) is 11.6 Å². The van der Waals surface area contributed by atoms with E-state index in [9.17, 15) is 9.90 Å². The first-order valence-corrected chi connectivity index (χ1v) is 7.80. The summed E-state index contributed by atoms with van der Waals surface area (Å²) in [5.41, 5.74) is 1.02. The van der Waals surface area contributed by atoms with Crippen molar-refractivity contribution in [2.24, 2.45) is 22.7 Å². The molecule has 2 aliphatic carbocycles. The third-order valence-electron chi connectivity index (χ3n) is 6.09. The summed E-state index contributed by atoms with van der Waals surface area (Å²) in [6.07, 6.45) is 7.10. The van der Waals surface area contributed by atoms with Crippen LogP contribution < -0.4 is 0 Å². The first-order valence-electron chi connectivity index (χ1n) is 7.80. The lowest BCUT2D eigenvalue weighted by atomic mass is 9.52. The van der Waals surface area contributed by atoms with Crippen LogP contribution in [0.1, 0.15) is 52.9 Å². The van der Waals surface area contributed by atoms with Crippen molar-refractivity contribution in [3.63, 3.8) is 0 Å². The minimum atomic E-state index is -0.393. The molecule has 0 saturated heterocycles.